The van der Waals surface area contributed by atoms with Gasteiger partial charge in [0.15, 0.2) is 0 Å². The Labute approximate surface area is 90.5 Å². The standard InChI is InChI=1S/C12H18N2O/c1-2-14(11-4-5-11)8-9-7-10(13)3-6-12(9)15/h3,6-7,11,15H,2,4-5,8,13H2,1H3. The Morgan fingerprint density at radius 2 is 2.20 bits per heavy atom. The van der Waals surface area contributed by atoms with Crippen LogP contribution >= 0.6 is 0 Å². The molecule has 3 nitrogen and oxygen atoms in total. The van der Waals surface area contributed by atoms with E-state index in [9.17, 15) is 5.11 Å². The summed E-state index contributed by atoms with van der Waals surface area (Å²) in [6.07, 6.45) is 2.58. The summed E-state index contributed by atoms with van der Waals surface area (Å²) < 4.78 is 0. The smallest absolute Gasteiger partial charge is 0.120 e. The summed E-state index contributed by atoms with van der Waals surface area (Å²) in [5, 5.41) is 9.70. The zero-order chi connectivity index (χ0) is 10.8. The van der Waals surface area contributed by atoms with Gasteiger partial charge < -0.3 is 10.8 Å². The van der Waals surface area contributed by atoms with E-state index in [2.05, 4.69) is 11.8 Å². The second-order valence-electron chi connectivity index (χ2n) is 4.18. The van der Waals surface area contributed by atoms with Gasteiger partial charge in [0.25, 0.3) is 0 Å². The lowest BCUT2D eigenvalue weighted by atomic mass is 10.1. The molecular formula is C12H18N2O. The van der Waals surface area contributed by atoms with Crippen LogP contribution in [0.2, 0.25) is 0 Å². The zero-order valence-electron chi connectivity index (χ0n) is 9.11. The summed E-state index contributed by atoms with van der Waals surface area (Å²) in [4.78, 5) is 2.38. The van der Waals surface area contributed by atoms with Crippen LogP contribution in [0, 0.1) is 0 Å². The van der Waals surface area contributed by atoms with E-state index in [1.807, 2.05) is 6.07 Å². The van der Waals surface area contributed by atoms with Gasteiger partial charge in [-0.15, -0.1) is 0 Å². The Hall–Kier alpha value is -1.22. The maximum Gasteiger partial charge on any atom is 0.120 e. The van der Waals surface area contributed by atoms with Crippen LogP contribution in [0.15, 0.2) is 18.2 Å². The molecule has 0 aliphatic heterocycles. The lowest BCUT2D eigenvalue weighted by molar-refractivity contribution is 0.265. The average molecular weight is 206 g/mol. The number of benzene rings is 1. The number of hydrogen-bond donors (Lipinski definition) is 2. The van der Waals surface area contributed by atoms with Crippen molar-refractivity contribution in [3.05, 3.63) is 23.8 Å². The third-order valence-corrected chi connectivity index (χ3v) is 2.95. The highest BCUT2D eigenvalue weighted by atomic mass is 16.3. The summed E-state index contributed by atoms with van der Waals surface area (Å²) in [5.74, 6) is 0.350. The fraction of sp³-hybridized carbons (Fsp3) is 0.500. The van der Waals surface area contributed by atoms with Crippen molar-refractivity contribution < 1.29 is 5.11 Å². The Balaban J connectivity index is 2.11. The summed E-state index contributed by atoms with van der Waals surface area (Å²) in [6.45, 7) is 3.98. The summed E-state index contributed by atoms with van der Waals surface area (Å²) >= 11 is 0. The first-order chi connectivity index (χ1) is 7.20. The average Bonchev–Trinajstić information content (AvgIpc) is 3.03. The SMILES string of the molecule is CCN(Cc1cc(N)ccc1O)C1CC1. The molecule has 0 radical (unpaired) electrons. The van der Waals surface area contributed by atoms with E-state index in [4.69, 9.17) is 5.73 Å². The molecule has 0 unspecified atom stereocenters. The van der Waals surface area contributed by atoms with E-state index in [-0.39, 0.29) is 0 Å². The van der Waals surface area contributed by atoms with E-state index >= 15 is 0 Å². The molecule has 3 heteroatoms. The van der Waals surface area contributed by atoms with E-state index in [0.717, 1.165) is 30.4 Å². The predicted molar refractivity (Wildman–Crippen MR) is 61.6 cm³/mol. The van der Waals surface area contributed by atoms with Crippen molar-refractivity contribution in [1.82, 2.24) is 4.90 Å². The van der Waals surface area contributed by atoms with Gasteiger partial charge in [-0.25, -0.2) is 0 Å². The minimum atomic E-state index is 0.350. The van der Waals surface area contributed by atoms with Crippen molar-refractivity contribution >= 4 is 5.69 Å². The Morgan fingerprint density at radius 3 is 2.80 bits per heavy atom. The molecule has 0 heterocycles. The third kappa shape index (κ3) is 2.42. The Kier molecular flexibility index (Phi) is 2.82. The number of nitrogens with two attached hydrogens (primary N) is 1. The van der Waals surface area contributed by atoms with E-state index in [1.54, 1.807) is 12.1 Å². The third-order valence-electron chi connectivity index (χ3n) is 2.95. The molecule has 0 aromatic heterocycles. The maximum atomic E-state index is 9.70. The molecule has 82 valence electrons. The van der Waals surface area contributed by atoms with Crippen molar-refractivity contribution in [2.24, 2.45) is 0 Å². The zero-order valence-corrected chi connectivity index (χ0v) is 9.11. The number of hydrogen-bond acceptors (Lipinski definition) is 3. The molecule has 1 fully saturated rings. The van der Waals surface area contributed by atoms with Crippen molar-refractivity contribution in [1.29, 1.82) is 0 Å². The number of aromatic hydroxyl groups is 1. The molecule has 1 saturated carbocycles. The Morgan fingerprint density at radius 1 is 1.47 bits per heavy atom. The Bertz CT molecular complexity index is 347. The van der Waals surface area contributed by atoms with Crippen molar-refractivity contribution in [2.75, 3.05) is 12.3 Å². The molecule has 0 amide bonds. The molecule has 2 rings (SSSR count). The quantitative estimate of drug-likeness (QED) is 0.585. The van der Waals surface area contributed by atoms with Crippen LogP contribution in [0.3, 0.4) is 0 Å². The van der Waals surface area contributed by atoms with Gasteiger partial charge in [-0.1, -0.05) is 6.92 Å². The van der Waals surface area contributed by atoms with Gasteiger partial charge in [-0.2, -0.15) is 0 Å². The van der Waals surface area contributed by atoms with Gasteiger partial charge in [0.05, 0.1) is 0 Å². The van der Waals surface area contributed by atoms with Crippen molar-refractivity contribution in [3.8, 4) is 5.75 Å². The van der Waals surface area contributed by atoms with Gasteiger partial charge in [-0.3, -0.25) is 4.90 Å². The maximum absolute atomic E-state index is 9.70. The fourth-order valence-corrected chi connectivity index (χ4v) is 1.89. The number of nitrogens with zero attached hydrogens (tertiary/aromatic N) is 1. The lowest BCUT2D eigenvalue weighted by Crippen LogP contribution is -2.25. The monoisotopic (exact) mass is 206 g/mol. The van der Waals surface area contributed by atoms with Gasteiger partial charge in [0, 0.05) is 23.8 Å². The number of nitrogen functional groups attached to an aromatic ring is 1. The molecule has 1 aromatic carbocycles. The van der Waals surface area contributed by atoms with Crippen LogP contribution in [-0.4, -0.2) is 22.6 Å². The number of rotatable bonds is 4. The molecule has 0 bridgehead atoms. The van der Waals surface area contributed by atoms with E-state index in [0.29, 0.717) is 5.75 Å². The van der Waals surface area contributed by atoms with Crippen molar-refractivity contribution in [2.45, 2.75) is 32.4 Å². The first kappa shape index (κ1) is 10.3. The molecule has 0 spiro atoms. The molecule has 1 aliphatic rings. The van der Waals surface area contributed by atoms with Crippen LogP contribution in [0.4, 0.5) is 5.69 Å². The van der Waals surface area contributed by atoms with E-state index in [1.165, 1.54) is 12.8 Å². The molecule has 3 N–H and O–H groups in total. The summed E-state index contributed by atoms with van der Waals surface area (Å²) in [6, 6.07) is 5.98. The van der Waals surface area contributed by atoms with Gasteiger partial charge in [0.1, 0.15) is 5.75 Å². The molecule has 0 atom stereocenters. The molecule has 15 heavy (non-hydrogen) atoms. The second kappa shape index (κ2) is 4.11. The highest BCUT2D eigenvalue weighted by Gasteiger charge is 2.28. The van der Waals surface area contributed by atoms with Gasteiger partial charge in [0.2, 0.25) is 0 Å². The molecular weight excluding hydrogens is 188 g/mol. The minimum absolute atomic E-state index is 0.350. The van der Waals surface area contributed by atoms with Crippen LogP contribution in [0.1, 0.15) is 25.3 Å². The second-order valence-corrected chi connectivity index (χ2v) is 4.18. The van der Waals surface area contributed by atoms with Gasteiger partial charge in [-0.05, 0) is 37.6 Å². The summed E-state index contributed by atoms with van der Waals surface area (Å²) in [7, 11) is 0. The molecule has 1 aliphatic carbocycles. The highest BCUT2D eigenvalue weighted by Crippen LogP contribution is 2.30. The van der Waals surface area contributed by atoms with Crippen LogP contribution < -0.4 is 5.73 Å². The fourth-order valence-electron chi connectivity index (χ4n) is 1.89. The lowest BCUT2D eigenvalue weighted by Gasteiger charge is -2.20. The van der Waals surface area contributed by atoms with Gasteiger partial charge >= 0.3 is 0 Å². The normalized spacial score (nSPS) is 15.9. The van der Waals surface area contributed by atoms with Crippen LogP contribution in [-0.2, 0) is 6.54 Å². The number of phenolic OH excluding ortho intramolecular Hbond substituents is 1. The highest BCUT2D eigenvalue weighted by molar-refractivity contribution is 5.47. The first-order valence-corrected chi connectivity index (χ1v) is 5.52. The number of phenols is 1. The van der Waals surface area contributed by atoms with Crippen LogP contribution in [0.25, 0.3) is 0 Å². The van der Waals surface area contributed by atoms with Crippen molar-refractivity contribution in [3.63, 3.8) is 0 Å². The minimum Gasteiger partial charge on any atom is -0.508 e. The van der Waals surface area contributed by atoms with Crippen LogP contribution in [0.5, 0.6) is 5.75 Å². The topological polar surface area (TPSA) is 49.5 Å². The molecule has 1 aromatic rings. The molecule has 0 saturated heterocycles. The largest absolute Gasteiger partial charge is 0.508 e. The number of anilines is 1. The predicted octanol–water partition coefficient (Wildman–Crippen LogP) is 1.96. The first-order valence-electron chi connectivity index (χ1n) is 5.52. The van der Waals surface area contributed by atoms with E-state index < -0.39 is 0 Å². The summed E-state index contributed by atoms with van der Waals surface area (Å²) in [5.41, 5.74) is 7.36.